The number of carbonyl (C=O) groups excluding carboxylic acids is 1. The van der Waals surface area contributed by atoms with Crippen molar-refractivity contribution in [3.05, 3.63) is 66.2 Å². The van der Waals surface area contributed by atoms with E-state index in [0.717, 1.165) is 28.9 Å². The van der Waals surface area contributed by atoms with E-state index in [1.807, 2.05) is 44.4 Å². The molecule has 0 aliphatic rings. The molecule has 0 radical (unpaired) electrons. The fourth-order valence-corrected chi connectivity index (χ4v) is 3.52. The minimum atomic E-state index is -0.364. The zero-order valence-electron chi connectivity index (χ0n) is 20.0. The first-order valence-electron chi connectivity index (χ1n) is 11.0. The molecule has 9 heteroatoms. The molecular formula is C25H29N7O2. The minimum absolute atomic E-state index is 0.129. The lowest BCUT2D eigenvalue weighted by molar-refractivity contribution is 0.262. The van der Waals surface area contributed by atoms with Gasteiger partial charge in [-0.05, 0) is 48.6 Å². The maximum Gasteiger partial charge on any atom is 0.324 e. The summed E-state index contributed by atoms with van der Waals surface area (Å²) in [5, 5.41) is 16.9. The number of amides is 2. The van der Waals surface area contributed by atoms with Crippen LogP contribution >= 0.6 is 0 Å². The molecule has 4 rings (SSSR count). The second kappa shape index (κ2) is 9.38. The fraction of sp³-hybridized carbons (Fsp3) is 0.280. The molecule has 9 nitrogen and oxygen atoms in total. The first kappa shape index (κ1) is 23.0. The van der Waals surface area contributed by atoms with Gasteiger partial charge in [-0.25, -0.2) is 4.79 Å². The number of benzene rings is 1. The molecule has 3 heterocycles. The number of nitrogens with one attached hydrogen (secondary N) is 3. The summed E-state index contributed by atoms with van der Waals surface area (Å²) in [6, 6.07) is 10.6. The van der Waals surface area contributed by atoms with Crippen LogP contribution in [0.4, 0.5) is 16.3 Å². The van der Waals surface area contributed by atoms with Gasteiger partial charge in [-0.2, -0.15) is 10.2 Å². The highest BCUT2D eigenvalue weighted by Crippen LogP contribution is 2.29. The monoisotopic (exact) mass is 459 g/mol. The van der Waals surface area contributed by atoms with E-state index >= 15 is 0 Å². The van der Waals surface area contributed by atoms with Gasteiger partial charge in [0.2, 0.25) is 0 Å². The van der Waals surface area contributed by atoms with Crippen LogP contribution < -0.4 is 15.4 Å². The molecule has 3 N–H and O–H groups in total. The van der Waals surface area contributed by atoms with Crippen LogP contribution in [-0.2, 0) is 13.5 Å². The number of hydrogen-bond donors (Lipinski definition) is 3. The SMILES string of the molecule is Cc1cc(NC(=O)Nc2cc(CC(C)(C)C)[nH]n2)ccc1Oc1ccnc(-c2cnn(C)c2)c1. The Morgan fingerprint density at radius 3 is 2.68 bits per heavy atom. The van der Waals surface area contributed by atoms with Gasteiger partial charge in [0.15, 0.2) is 5.82 Å². The molecule has 1 aromatic carbocycles. The third-order valence-corrected chi connectivity index (χ3v) is 4.99. The van der Waals surface area contributed by atoms with Gasteiger partial charge in [0.05, 0.1) is 11.9 Å². The number of H-pyrrole nitrogens is 1. The largest absolute Gasteiger partial charge is 0.457 e. The molecule has 0 atom stereocenters. The summed E-state index contributed by atoms with van der Waals surface area (Å²) in [4.78, 5) is 16.8. The summed E-state index contributed by atoms with van der Waals surface area (Å²) in [6.45, 7) is 8.38. The van der Waals surface area contributed by atoms with Crippen molar-refractivity contribution < 1.29 is 9.53 Å². The van der Waals surface area contributed by atoms with E-state index < -0.39 is 0 Å². The third kappa shape index (κ3) is 6.00. The summed E-state index contributed by atoms with van der Waals surface area (Å²) in [6.07, 6.45) is 6.20. The average molecular weight is 460 g/mol. The van der Waals surface area contributed by atoms with E-state index in [-0.39, 0.29) is 11.4 Å². The first-order valence-corrected chi connectivity index (χ1v) is 11.0. The van der Waals surface area contributed by atoms with Gasteiger partial charge in [0, 0.05) is 48.5 Å². The number of hydrogen-bond acceptors (Lipinski definition) is 5. The summed E-state index contributed by atoms with van der Waals surface area (Å²) in [5.74, 6) is 1.84. The zero-order chi connectivity index (χ0) is 24.3. The van der Waals surface area contributed by atoms with Crippen LogP contribution in [0.2, 0.25) is 0 Å². The van der Waals surface area contributed by atoms with Crippen molar-refractivity contribution in [2.45, 2.75) is 34.1 Å². The zero-order valence-corrected chi connectivity index (χ0v) is 20.0. The second-order valence-electron chi connectivity index (χ2n) is 9.46. The molecule has 176 valence electrons. The number of aromatic nitrogens is 5. The Bertz CT molecular complexity index is 1300. The Morgan fingerprint density at radius 2 is 1.97 bits per heavy atom. The fourth-order valence-electron chi connectivity index (χ4n) is 3.52. The van der Waals surface area contributed by atoms with Gasteiger partial charge in [-0.15, -0.1) is 0 Å². The summed E-state index contributed by atoms with van der Waals surface area (Å²) in [7, 11) is 1.86. The van der Waals surface area contributed by atoms with Crippen molar-refractivity contribution in [2.75, 3.05) is 10.6 Å². The van der Waals surface area contributed by atoms with Crippen molar-refractivity contribution in [1.82, 2.24) is 25.0 Å². The lowest BCUT2D eigenvalue weighted by Gasteiger charge is -2.15. The first-order chi connectivity index (χ1) is 16.1. The molecule has 0 saturated carbocycles. The number of aryl methyl sites for hydroxylation is 2. The smallest absolute Gasteiger partial charge is 0.324 e. The number of nitrogens with zero attached hydrogens (tertiary/aromatic N) is 4. The van der Waals surface area contributed by atoms with Crippen molar-refractivity contribution in [3.63, 3.8) is 0 Å². The van der Waals surface area contributed by atoms with Crippen LogP contribution in [0.25, 0.3) is 11.3 Å². The minimum Gasteiger partial charge on any atom is -0.457 e. The molecule has 0 unspecified atom stereocenters. The van der Waals surface area contributed by atoms with Crippen molar-refractivity contribution in [3.8, 4) is 22.8 Å². The van der Waals surface area contributed by atoms with Gasteiger partial charge < -0.3 is 10.1 Å². The molecule has 2 amide bonds. The summed E-state index contributed by atoms with van der Waals surface area (Å²) < 4.78 is 7.80. The van der Waals surface area contributed by atoms with Crippen molar-refractivity contribution in [1.29, 1.82) is 0 Å². The molecule has 0 fully saturated rings. The molecule has 34 heavy (non-hydrogen) atoms. The van der Waals surface area contributed by atoms with Gasteiger partial charge in [-0.1, -0.05) is 20.8 Å². The summed E-state index contributed by atoms with van der Waals surface area (Å²) in [5.41, 5.74) is 4.33. The number of carbonyl (C=O) groups is 1. The molecule has 0 aliphatic carbocycles. The molecule has 0 aliphatic heterocycles. The topological polar surface area (TPSA) is 110 Å². The lowest BCUT2D eigenvalue weighted by atomic mass is 9.91. The predicted molar refractivity (Wildman–Crippen MR) is 132 cm³/mol. The van der Waals surface area contributed by atoms with Crippen molar-refractivity contribution >= 4 is 17.5 Å². The standard InChI is InChI=1S/C25H29N7O2/c1-16-10-18(28-24(33)29-23-11-19(30-31-23)13-25(2,3)4)6-7-22(16)34-20-8-9-26-21(12-20)17-14-27-32(5)15-17/h6-12,14-15H,13H2,1-5H3,(H3,28,29,30,31,33). The number of rotatable bonds is 6. The van der Waals surface area contributed by atoms with E-state index in [9.17, 15) is 4.79 Å². The number of pyridine rings is 1. The van der Waals surface area contributed by atoms with Crippen LogP contribution in [0.1, 0.15) is 32.0 Å². The van der Waals surface area contributed by atoms with Gasteiger partial charge in [-0.3, -0.25) is 20.1 Å². The van der Waals surface area contributed by atoms with Gasteiger partial charge in [0.25, 0.3) is 0 Å². The Morgan fingerprint density at radius 1 is 1.15 bits per heavy atom. The molecule has 0 spiro atoms. The third-order valence-electron chi connectivity index (χ3n) is 4.99. The number of aromatic amines is 1. The number of anilines is 2. The Hall–Kier alpha value is -4.14. The molecule has 3 aromatic heterocycles. The van der Waals surface area contributed by atoms with Crippen LogP contribution in [0.3, 0.4) is 0 Å². The predicted octanol–water partition coefficient (Wildman–Crippen LogP) is 5.54. The van der Waals surface area contributed by atoms with Crippen LogP contribution in [-0.4, -0.2) is 31.0 Å². The lowest BCUT2D eigenvalue weighted by Crippen LogP contribution is -2.19. The quantitative estimate of drug-likeness (QED) is 0.351. The Kier molecular flexibility index (Phi) is 6.36. The molecular weight excluding hydrogens is 430 g/mol. The van der Waals surface area contributed by atoms with E-state index in [1.54, 1.807) is 29.2 Å². The highest BCUT2D eigenvalue weighted by atomic mass is 16.5. The highest BCUT2D eigenvalue weighted by molar-refractivity contribution is 5.99. The summed E-state index contributed by atoms with van der Waals surface area (Å²) >= 11 is 0. The normalized spacial score (nSPS) is 11.3. The second-order valence-corrected chi connectivity index (χ2v) is 9.46. The highest BCUT2D eigenvalue weighted by Gasteiger charge is 2.14. The van der Waals surface area contributed by atoms with E-state index in [0.29, 0.717) is 23.0 Å². The number of ether oxygens (including phenoxy) is 1. The Balaban J connectivity index is 1.38. The van der Waals surface area contributed by atoms with Crippen molar-refractivity contribution in [2.24, 2.45) is 12.5 Å². The maximum absolute atomic E-state index is 12.4. The van der Waals surface area contributed by atoms with E-state index in [2.05, 4.69) is 51.7 Å². The molecule has 0 saturated heterocycles. The van der Waals surface area contributed by atoms with E-state index in [1.165, 1.54) is 0 Å². The average Bonchev–Trinajstić information content (AvgIpc) is 3.37. The maximum atomic E-state index is 12.4. The van der Waals surface area contributed by atoms with Crippen LogP contribution in [0, 0.1) is 12.3 Å². The van der Waals surface area contributed by atoms with E-state index in [4.69, 9.17) is 4.74 Å². The van der Waals surface area contributed by atoms with Crippen LogP contribution in [0.15, 0.2) is 55.0 Å². The molecule has 0 bridgehead atoms. The van der Waals surface area contributed by atoms with Crippen LogP contribution in [0.5, 0.6) is 11.5 Å². The van der Waals surface area contributed by atoms with Gasteiger partial charge in [0.1, 0.15) is 11.5 Å². The number of urea groups is 1. The Labute approximate surface area is 198 Å². The molecule has 4 aromatic rings. The van der Waals surface area contributed by atoms with Gasteiger partial charge >= 0.3 is 6.03 Å².